The Hall–Kier alpha value is -6.84. The van der Waals surface area contributed by atoms with Gasteiger partial charge in [0.2, 0.25) is 0 Å². The molecule has 0 amide bonds. The van der Waals surface area contributed by atoms with E-state index in [1.807, 2.05) is 36.4 Å². The van der Waals surface area contributed by atoms with E-state index in [2.05, 4.69) is 181 Å². The molecule has 0 atom stereocenters. The molecular weight excluding hydrogens is 645 g/mol. The minimum atomic E-state index is -0.936. The zero-order chi connectivity index (χ0) is 35.9. The fraction of sp³-hybridized carbons (Fsp3) is 0.0400. The monoisotopic (exact) mass is 682 g/mol. The van der Waals surface area contributed by atoms with Crippen LogP contribution in [0.4, 0.5) is 5.69 Å². The predicted octanol–water partition coefficient (Wildman–Crippen LogP) is 11.3. The number of aromatic hydroxyl groups is 1. The summed E-state index contributed by atoms with van der Waals surface area (Å²) in [6.07, 6.45) is 3.48. The average Bonchev–Trinajstić information content (AvgIpc) is 3.24. The molecule has 1 heterocycles. The first kappa shape index (κ1) is 33.3. The third-order valence-corrected chi connectivity index (χ3v) is 10.2. The van der Waals surface area contributed by atoms with Crippen molar-refractivity contribution in [2.45, 2.75) is 10.8 Å². The molecule has 1 N–H and O–H groups in total. The van der Waals surface area contributed by atoms with Crippen molar-refractivity contribution in [3.63, 3.8) is 0 Å². The predicted molar refractivity (Wildman–Crippen MR) is 216 cm³/mol. The fourth-order valence-corrected chi connectivity index (χ4v) is 7.90. The Bertz CT molecular complexity index is 2220. The Kier molecular flexibility index (Phi) is 9.30. The van der Waals surface area contributed by atoms with Crippen molar-refractivity contribution in [1.82, 2.24) is 4.98 Å². The van der Waals surface area contributed by atoms with Gasteiger partial charge in [0.1, 0.15) is 11.4 Å². The molecule has 0 fully saturated rings. The van der Waals surface area contributed by atoms with Crippen LogP contribution in [0.2, 0.25) is 0 Å². The number of benzene rings is 7. The molecule has 0 bridgehead atoms. The van der Waals surface area contributed by atoms with Crippen LogP contribution in [0.1, 0.15) is 50.2 Å². The number of phenols is 1. The van der Waals surface area contributed by atoms with Gasteiger partial charge in [0.15, 0.2) is 0 Å². The highest BCUT2D eigenvalue weighted by Gasteiger charge is 2.44. The van der Waals surface area contributed by atoms with Crippen LogP contribution in [0.5, 0.6) is 5.75 Å². The van der Waals surface area contributed by atoms with Crippen LogP contribution in [0.15, 0.2) is 224 Å². The normalized spacial score (nSPS) is 11.8. The first-order valence-electron chi connectivity index (χ1n) is 17.9. The van der Waals surface area contributed by atoms with Gasteiger partial charge in [-0.3, -0.25) is 9.98 Å². The van der Waals surface area contributed by atoms with Crippen molar-refractivity contribution < 1.29 is 5.11 Å². The van der Waals surface area contributed by atoms with Gasteiger partial charge in [-0.2, -0.15) is 0 Å². The van der Waals surface area contributed by atoms with Gasteiger partial charge in [0.05, 0.1) is 22.7 Å². The molecule has 0 spiro atoms. The lowest BCUT2D eigenvalue weighted by atomic mass is 9.61. The van der Waals surface area contributed by atoms with Gasteiger partial charge in [0, 0.05) is 11.8 Å². The summed E-state index contributed by atoms with van der Waals surface area (Å²) in [6.45, 7) is 0. The highest BCUT2D eigenvalue weighted by atomic mass is 16.3. The number of hydrogen-bond donors (Lipinski definition) is 1. The maximum absolute atomic E-state index is 12.9. The van der Waals surface area contributed by atoms with Crippen molar-refractivity contribution in [2.75, 3.05) is 0 Å². The molecule has 7 aromatic carbocycles. The third-order valence-electron chi connectivity index (χ3n) is 10.2. The molecule has 1 aromatic heterocycles. The number of rotatable bonds is 10. The first-order chi connectivity index (χ1) is 26.2. The van der Waals surface area contributed by atoms with Crippen LogP contribution in [0.25, 0.3) is 0 Å². The molecule has 53 heavy (non-hydrogen) atoms. The van der Waals surface area contributed by atoms with E-state index < -0.39 is 10.8 Å². The molecule has 3 heteroatoms. The second-order valence-corrected chi connectivity index (χ2v) is 13.1. The number of nitrogens with zero attached hydrogens (tertiary/aromatic N) is 2. The molecule has 0 saturated heterocycles. The molecular formula is C50H38N2O. The number of aliphatic imine (C=N–C) groups is 1. The number of phenolic OH excluding ortho intramolecular Hbond substituents is 1. The smallest absolute Gasteiger partial charge is 0.145 e. The van der Waals surface area contributed by atoms with Crippen LogP contribution in [0, 0.1) is 0 Å². The van der Waals surface area contributed by atoms with Gasteiger partial charge < -0.3 is 5.11 Å². The SMILES string of the molecule is Oc1c(N=Cc2ccccn2)cc(C(c2ccccc2)(c2ccccc2)c2ccccc2)cc1C(c1ccccc1)(c1ccccc1)c1ccccc1. The molecule has 0 saturated carbocycles. The highest BCUT2D eigenvalue weighted by molar-refractivity contribution is 5.82. The lowest BCUT2D eigenvalue weighted by Gasteiger charge is -2.40. The van der Waals surface area contributed by atoms with E-state index in [4.69, 9.17) is 4.99 Å². The van der Waals surface area contributed by atoms with E-state index in [0.717, 1.165) is 44.5 Å². The van der Waals surface area contributed by atoms with Crippen LogP contribution >= 0.6 is 0 Å². The Morgan fingerprint density at radius 2 is 0.755 bits per heavy atom. The van der Waals surface area contributed by atoms with Crippen LogP contribution < -0.4 is 0 Å². The van der Waals surface area contributed by atoms with E-state index in [-0.39, 0.29) is 5.75 Å². The maximum Gasteiger partial charge on any atom is 0.145 e. The minimum Gasteiger partial charge on any atom is -0.505 e. The second kappa shape index (κ2) is 14.8. The Labute approximate surface area is 311 Å². The zero-order valence-corrected chi connectivity index (χ0v) is 29.2. The number of aromatic nitrogens is 1. The van der Waals surface area contributed by atoms with Gasteiger partial charge in [0.25, 0.3) is 0 Å². The standard InChI is InChI=1S/C50H38N2O/c53-48-46(50(41-27-13-4-14-28-41,42-29-15-5-16-30-42)43-31-17-6-18-32-43)35-44(36-47(48)52-37-45-33-19-20-34-51-45)49(38-21-7-1-8-22-38,39-23-9-2-10-24-39)40-25-11-3-12-26-40/h1-37,53H. The van der Waals surface area contributed by atoms with Gasteiger partial charge in [-0.15, -0.1) is 0 Å². The van der Waals surface area contributed by atoms with Crippen molar-refractivity contribution in [3.8, 4) is 5.75 Å². The van der Waals surface area contributed by atoms with Gasteiger partial charge in [-0.25, -0.2) is 0 Å². The summed E-state index contributed by atoms with van der Waals surface area (Å²) in [5.74, 6) is 0.0978. The van der Waals surface area contributed by atoms with Gasteiger partial charge >= 0.3 is 0 Å². The molecule has 8 aromatic rings. The Morgan fingerprint density at radius 3 is 1.11 bits per heavy atom. The molecule has 0 aliphatic heterocycles. The fourth-order valence-electron chi connectivity index (χ4n) is 7.90. The summed E-state index contributed by atoms with van der Waals surface area (Å²) in [5, 5.41) is 12.9. The highest BCUT2D eigenvalue weighted by Crippen LogP contribution is 2.54. The summed E-state index contributed by atoms with van der Waals surface area (Å²) >= 11 is 0. The molecule has 254 valence electrons. The van der Waals surface area contributed by atoms with Crippen molar-refractivity contribution in [2.24, 2.45) is 4.99 Å². The third kappa shape index (κ3) is 6.03. The van der Waals surface area contributed by atoms with Crippen molar-refractivity contribution in [3.05, 3.63) is 269 Å². The molecule has 0 radical (unpaired) electrons. The number of hydrogen-bond acceptors (Lipinski definition) is 3. The molecule has 0 unspecified atom stereocenters. The van der Waals surface area contributed by atoms with Gasteiger partial charge in [-0.1, -0.05) is 188 Å². The van der Waals surface area contributed by atoms with E-state index in [9.17, 15) is 5.11 Å². The van der Waals surface area contributed by atoms with Crippen LogP contribution in [-0.4, -0.2) is 16.3 Å². The van der Waals surface area contributed by atoms with E-state index in [1.54, 1.807) is 12.4 Å². The summed E-state index contributed by atoms with van der Waals surface area (Å²) in [7, 11) is 0. The van der Waals surface area contributed by atoms with Gasteiger partial charge in [-0.05, 0) is 63.2 Å². The van der Waals surface area contributed by atoms with E-state index >= 15 is 0 Å². The summed E-state index contributed by atoms with van der Waals surface area (Å²) in [4.78, 5) is 9.57. The molecule has 8 rings (SSSR count). The molecule has 0 aliphatic carbocycles. The first-order valence-corrected chi connectivity index (χ1v) is 17.9. The minimum absolute atomic E-state index is 0.0978. The number of pyridine rings is 1. The van der Waals surface area contributed by atoms with E-state index in [0.29, 0.717) is 11.4 Å². The average molecular weight is 683 g/mol. The topological polar surface area (TPSA) is 45.5 Å². The summed E-state index contributed by atoms with van der Waals surface area (Å²) < 4.78 is 0. The van der Waals surface area contributed by atoms with Crippen molar-refractivity contribution in [1.29, 1.82) is 0 Å². The largest absolute Gasteiger partial charge is 0.505 e. The lowest BCUT2D eigenvalue weighted by Crippen LogP contribution is -2.34. The van der Waals surface area contributed by atoms with E-state index in [1.165, 1.54) is 0 Å². The molecule has 3 nitrogen and oxygen atoms in total. The van der Waals surface area contributed by atoms with Crippen LogP contribution in [-0.2, 0) is 10.8 Å². The molecule has 0 aliphatic rings. The lowest BCUT2D eigenvalue weighted by molar-refractivity contribution is 0.461. The zero-order valence-electron chi connectivity index (χ0n) is 29.2. The second-order valence-electron chi connectivity index (χ2n) is 13.1. The quantitative estimate of drug-likeness (QED) is 0.115. The van der Waals surface area contributed by atoms with Crippen LogP contribution in [0.3, 0.4) is 0 Å². The summed E-state index contributed by atoms with van der Waals surface area (Å²) in [6, 6.07) is 73.4. The Balaban J connectivity index is 1.57. The Morgan fingerprint density at radius 1 is 0.396 bits per heavy atom. The maximum atomic E-state index is 12.9. The van der Waals surface area contributed by atoms with Crippen molar-refractivity contribution >= 4 is 11.9 Å². The summed E-state index contributed by atoms with van der Waals surface area (Å²) in [5.41, 5.74) is 7.45.